The van der Waals surface area contributed by atoms with Crippen molar-refractivity contribution in [3.63, 3.8) is 0 Å². The van der Waals surface area contributed by atoms with Crippen LogP contribution in [-0.4, -0.2) is 31.8 Å². The second kappa shape index (κ2) is 7.50. The van der Waals surface area contributed by atoms with Crippen molar-refractivity contribution in [3.8, 4) is 0 Å². The summed E-state index contributed by atoms with van der Waals surface area (Å²) in [4.78, 5) is 2.16. The summed E-state index contributed by atoms with van der Waals surface area (Å²) in [5.41, 5.74) is 1.06. The maximum Gasteiger partial charge on any atom is 0.266 e. The lowest BCUT2D eigenvalue weighted by Gasteiger charge is -2.21. The van der Waals surface area contributed by atoms with Crippen LogP contribution in [-0.2, 0) is 26.1 Å². The third-order valence-electron chi connectivity index (χ3n) is 3.89. The molecule has 1 aliphatic rings. The smallest absolute Gasteiger partial charge is 0.266 e. The Balaban J connectivity index is 1.87. The van der Waals surface area contributed by atoms with Crippen molar-refractivity contribution in [2.45, 2.75) is 10.8 Å². The summed E-state index contributed by atoms with van der Waals surface area (Å²) in [5, 5.41) is 4.78. The number of thioether (sulfide) groups is 1. The largest absolute Gasteiger partial charge is 0.747 e. The number of nitrogens with zero attached hydrogens (tertiary/aromatic N) is 2. The first kappa shape index (κ1) is 21.1. The molecule has 0 amide bonds. The summed E-state index contributed by atoms with van der Waals surface area (Å²) in [6.45, 7) is 0. The minimum absolute atomic E-state index is 0.378. The molecule has 3 heterocycles. The topological polar surface area (TPSA) is 122 Å². The molecule has 0 fully saturated rings. The molecule has 3 aromatic rings. The molecule has 1 aliphatic heterocycles. The molecule has 1 aromatic carbocycles. The number of rotatable bonds is 5. The highest BCUT2D eigenvalue weighted by atomic mass is 35.5. The molecule has 0 atom stereocenters. The molecule has 0 radical (unpaired) electrons. The fourth-order valence-corrected chi connectivity index (χ4v) is 7.56. The van der Waals surface area contributed by atoms with E-state index in [0.717, 1.165) is 4.90 Å². The fraction of sp³-hybridized carbons (Fsp3) is 0.133. The quantitative estimate of drug-likeness (QED) is 0.380. The molecule has 29 heavy (non-hydrogen) atoms. The maximum atomic E-state index is 11.4. The van der Waals surface area contributed by atoms with E-state index in [1.54, 1.807) is 29.7 Å². The van der Waals surface area contributed by atoms with Gasteiger partial charge in [0.15, 0.2) is 10.1 Å². The van der Waals surface area contributed by atoms with Gasteiger partial charge in [-0.05, 0) is 12.1 Å². The van der Waals surface area contributed by atoms with Crippen LogP contribution in [0.2, 0.25) is 5.02 Å². The van der Waals surface area contributed by atoms with Crippen LogP contribution in [0.25, 0.3) is 16.3 Å². The summed E-state index contributed by atoms with van der Waals surface area (Å²) < 4.78 is 70.5. The molecule has 14 heteroatoms. The van der Waals surface area contributed by atoms with Crippen LogP contribution in [0.3, 0.4) is 0 Å². The zero-order valence-electron chi connectivity index (χ0n) is 14.1. The van der Waals surface area contributed by atoms with Crippen molar-refractivity contribution >= 4 is 88.3 Å². The second-order valence-corrected chi connectivity index (χ2v) is 12.0. The van der Waals surface area contributed by atoms with Gasteiger partial charge in [-0.25, -0.2) is 16.8 Å². The van der Waals surface area contributed by atoms with Crippen molar-refractivity contribution in [1.29, 1.82) is 0 Å². The van der Waals surface area contributed by atoms with Crippen LogP contribution in [0.15, 0.2) is 38.9 Å². The second-order valence-electron chi connectivity index (χ2n) is 5.99. The molecule has 0 saturated carbocycles. The highest BCUT2D eigenvalue weighted by Crippen LogP contribution is 2.49. The summed E-state index contributed by atoms with van der Waals surface area (Å²) in [6, 6.07) is 4.90. The molecule has 4 rings (SSSR count). The third-order valence-corrected chi connectivity index (χ3v) is 8.36. The first-order chi connectivity index (χ1) is 13.5. The molecular weight excluding hydrogens is 500 g/mol. The van der Waals surface area contributed by atoms with Crippen molar-refractivity contribution in [2.75, 3.05) is 10.8 Å². The molecule has 0 aliphatic carbocycles. The van der Waals surface area contributed by atoms with Crippen molar-refractivity contribution < 1.29 is 30.5 Å². The zero-order chi connectivity index (χ0) is 21.0. The number of aromatic nitrogens is 1. The van der Waals surface area contributed by atoms with E-state index in [1.165, 1.54) is 43.9 Å². The lowest BCUT2D eigenvalue weighted by Crippen LogP contribution is -2.39. The van der Waals surface area contributed by atoms with E-state index in [1.807, 2.05) is 5.38 Å². The van der Waals surface area contributed by atoms with E-state index in [2.05, 4.69) is 0 Å². The molecule has 8 nitrogen and oxygen atoms in total. The van der Waals surface area contributed by atoms with Crippen LogP contribution in [0, 0.1) is 0 Å². The van der Waals surface area contributed by atoms with E-state index in [-0.39, 0.29) is 0 Å². The lowest BCUT2D eigenvalue weighted by atomic mass is 10.3. The first-order valence-electron chi connectivity index (χ1n) is 7.72. The molecule has 0 spiro atoms. The first-order valence-corrected chi connectivity index (χ1v) is 13.8. The minimum Gasteiger partial charge on any atom is -0.747 e. The zero-order valence-corrected chi connectivity index (χ0v) is 19.0. The Bertz CT molecular complexity index is 1360. The van der Waals surface area contributed by atoms with Crippen molar-refractivity contribution in [2.24, 2.45) is 0 Å². The monoisotopic (exact) mass is 509 g/mol. The van der Waals surface area contributed by atoms with E-state index >= 15 is 0 Å². The van der Waals surface area contributed by atoms with Crippen molar-refractivity contribution in [3.05, 3.63) is 44.0 Å². The van der Waals surface area contributed by atoms with Gasteiger partial charge >= 0.3 is 0 Å². The SMILES string of the molecule is O=S(=O)([O-])CN1C(=Cc2sc3ccc(Cl)cc3[n+]2CS(=O)(=O)[O-])Sc2cscc21. The highest BCUT2D eigenvalue weighted by molar-refractivity contribution is 8.04. The van der Waals surface area contributed by atoms with Crippen LogP contribution in [0.4, 0.5) is 5.69 Å². The van der Waals surface area contributed by atoms with E-state index in [4.69, 9.17) is 11.6 Å². The lowest BCUT2D eigenvalue weighted by molar-refractivity contribution is -0.649. The Hall–Kier alpha value is -1.19. The molecule has 0 bridgehead atoms. The maximum absolute atomic E-state index is 11.4. The number of anilines is 1. The molecule has 0 N–H and O–H groups in total. The van der Waals surface area contributed by atoms with Gasteiger partial charge in [-0.2, -0.15) is 4.57 Å². The Labute approximate surface area is 183 Å². The predicted molar refractivity (Wildman–Crippen MR) is 112 cm³/mol. The highest BCUT2D eigenvalue weighted by Gasteiger charge is 2.30. The van der Waals surface area contributed by atoms with Crippen LogP contribution in [0.1, 0.15) is 5.01 Å². The Kier molecular flexibility index (Phi) is 5.44. The summed E-state index contributed by atoms with van der Waals surface area (Å²) in [6.07, 6.45) is 1.57. The average molecular weight is 510 g/mol. The Morgan fingerprint density at radius 2 is 1.90 bits per heavy atom. The van der Waals surface area contributed by atoms with Gasteiger partial charge < -0.3 is 14.0 Å². The third kappa shape index (κ3) is 4.61. The van der Waals surface area contributed by atoms with Crippen molar-refractivity contribution in [1.82, 2.24) is 0 Å². The number of thiophene rings is 1. The predicted octanol–water partition coefficient (Wildman–Crippen LogP) is 2.82. The van der Waals surface area contributed by atoms with Gasteiger partial charge in [0.2, 0.25) is 11.4 Å². The molecular formula is C15H10ClN2O6S5-. The van der Waals surface area contributed by atoms with E-state index in [0.29, 0.717) is 31.0 Å². The van der Waals surface area contributed by atoms with Gasteiger partial charge in [-0.1, -0.05) is 34.7 Å². The Morgan fingerprint density at radius 3 is 2.59 bits per heavy atom. The number of benzene rings is 1. The van der Waals surface area contributed by atoms with E-state index < -0.39 is 32.0 Å². The number of halogens is 1. The van der Waals surface area contributed by atoms with Gasteiger partial charge in [-0.3, -0.25) is 0 Å². The molecule has 0 unspecified atom stereocenters. The van der Waals surface area contributed by atoms with Gasteiger partial charge in [-0.15, -0.1) is 11.3 Å². The fourth-order valence-electron chi connectivity index (χ4n) is 2.82. The summed E-state index contributed by atoms with van der Waals surface area (Å²) >= 11 is 9.87. The van der Waals surface area contributed by atoms with Gasteiger partial charge in [0.05, 0.1) is 16.8 Å². The summed E-state index contributed by atoms with van der Waals surface area (Å²) in [7, 11) is -9.17. The summed E-state index contributed by atoms with van der Waals surface area (Å²) in [5.74, 6) is -1.57. The molecule has 154 valence electrons. The van der Waals surface area contributed by atoms with E-state index in [9.17, 15) is 25.9 Å². The molecule has 0 saturated heterocycles. The number of fused-ring (bicyclic) bond motifs is 2. The number of hydrogen-bond acceptors (Lipinski definition) is 10. The average Bonchev–Trinajstić information content (AvgIpc) is 3.23. The Morgan fingerprint density at radius 1 is 1.14 bits per heavy atom. The van der Waals surface area contributed by atoms with Gasteiger partial charge in [0, 0.05) is 26.7 Å². The number of hydrogen-bond donors (Lipinski definition) is 0. The number of thiazole rings is 1. The van der Waals surface area contributed by atoms with Crippen LogP contribution < -0.4 is 9.47 Å². The van der Waals surface area contributed by atoms with Gasteiger partial charge in [0.1, 0.15) is 20.7 Å². The van der Waals surface area contributed by atoms with Crippen LogP contribution in [0.5, 0.6) is 0 Å². The van der Waals surface area contributed by atoms with Crippen LogP contribution >= 0.6 is 46.0 Å². The molecule has 2 aromatic heterocycles. The standard InChI is InChI=1S/C15H11ClN2O6S5/c16-9-1-2-12-10(3-9)17(7-28(19,20)21)14(26-12)4-15-18(8-29(22,23)24)11-5-25-6-13(11)27-15/h1-6H,7-8H2,(H-,19,20,21,22,23,24)/p-1. The van der Waals surface area contributed by atoms with Gasteiger partial charge in [0.25, 0.3) is 5.01 Å². The minimum atomic E-state index is -4.61. The normalized spacial score (nSPS) is 16.1.